The Hall–Kier alpha value is -2.87. The van der Waals surface area contributed by atoms with Gasteiger partial charge in [-0.25, -0.2) is 0 Å². The molecule has 0 aromatic carbocycles. The van der Waals surface area contributed by atoms with Crippen LogP contribution in [-0.4, -0.2) is 82.0 Å². The Morgan fingerprint density at radius 2 is 1.34 bits per heavy atom. The maximum absolute atomic E-state index is 12.7. The van der Waals surface area contributed by atoms with Gasteiger partial charge < -0.3 is 37.6 Å². The smallest absolute Gasteiger partial charge is 0.325 e. The molecule has 9 N–H and O–H groups in total. The fourth-order valence-corrected chi connectivity index (χ4v) is 2.88. The first-order valence-corrected chi connectivity index (χ1v) is 11.2. The molecule has 4 unspecified atom stereocenters. The van der Waals surface area contributed by atoms with Crippen LogP contribution in [0.1, 0.15) is 39.0 Å². The molecule has 0 aromatic heterocycles. The van der Waals surface area contributed by atoms with Gasteiger partial charge in [0.25, 0.3) is 0 Å². The number of carbonyl (C=O) groups is 6. The lowest BCUT2D eigenvalue weighted by molar-refractivity contribution is -0.142. The van der Waals surface area contributed by atoms with Gasteiger partial charge in [0.1, 0.15) is 18.1 Å². The molecule has 0 aliphatic rings. The quantitative estimate of drug-likeness (QED) is 0.126. The van der Waals surface area contributed by atoms with E-state index in [1.54, 1.807) is 0 Å². The lowest BCUT2D eigenvalue weighted by Gasteiger charge is -2.24. The highest BCUT2D eigenvalue weighted by Gasteiger charge is 2.29. The van der Waals surface area contributed by atoms with Crippen LogP contribution in [0, 0.1) is 0 Å². The Bertz CT molecular complexity index is 705. The summed E-state index contributed by atoms with van der Waals surface area (Å²) in [7, 11) is 0. The lowest BCUT2D eigenvalue weighted by atomic mass is 10.1. The standard InChI is InChI=1S/C18H31N5O8S/c1-9(18(30)31)21-16(28)12(4-6-14(25)26)23-17(29)11(3-5-13(20)24)22-15(27)10(19)7-8-32-2/h9-12H,3-8,19H2,1-2H3,(H2,20,24)(H,21,28)(H,22,27)(H,23,29)(H,25,26)(H,30,31). The van der Waals surface area contributed by atoms with Gasteiger partial charge in [0.15, 0.2) is 0 Å². The van der Waals surface area contributed by atoms with Crippen molar-refractivity contribution in [2.75, 3.05) is 12.0 Å². The molecule has 0 saturated carbocycles. The first-order chi connectivity index (χ1) is 14.9. The predicted molar refractivity (Wildman–Crippen MR) is 115 cm³/mol. The summed E-state index contributed by atoms with van der Waals surface area (Å²) in [6, 6.07) is -4.86. The third-order valence-corrected chi connectivity index (χ3v) is 4.94. The van der Waals surface area contributed by atoms with Crippen molar-refractivity contribution in [1.82, 2.24) is 16.0 Å². The van der Waals surface area contributed by atoms with Gasteiger partial charge in [-0.1, -0.05) is 0 Å². The fraction of sp³-hybridized carbons (Fsp3) is 0.667. The Labute approximate surface area is 189 Å². The first-order valence-electron chi connectivity index (χ1n) is 9.77. The largest absolute Gasteiger partial charge is 0.481 e. The van der Waals surface area contributed by atoms with E-state index >= 15 is 0 Å². The number of carboxylic acids is 2. The third-order valence-electron chi connectivity index (χ3n) is 4.29. The molecule has 0 spiro atoms. The molecular weight excluding hydrogens is 446 g/mol. The Morgan fingerprint density at radius 1 is 0.844 bits per heavy atom. The minimum absolute atomic E-state index is 0.180. The highest BCUT2D eigenvalue weighted by Crippen LogP contribution is 2.05. The van der Waals surface area contributed by atoms with Crippen molar-refractivity contribution in [2.24, 2.45) is 11.5 Å². The van der Waals surface area contributed by atoms with Crippen molar-refractivity contribution in [3.8, 4) is 0 Å². The molecule has 0 aliphatic heterocycles. The Kier molecular flexibility index (Phi) is 13.7. The van der Waals surface area contributed by atoms with Crippen LogP contribution >= 0.6 is 11.8 Å². The van der Waals surface area contributed by atoms with E-state index in [1.165, 1.54) is 18.7 Å². The van der Waals surface area contributed by atoms with Crippen molar-refractivity contribution < 1.29 is 39.0 Å². The van der Waals surface area contributed by atoms with Crippen LogP contribution in [0.15, 0.2) is 0 Å². The molecule has 13 nitrogen and oxygen atoms in total. The van der Waals surface area contributed by atoms with Crippen LogP contribution in [0.2, 0.25) is 0 Å². The number of carboxylic acid groups (broad SMARTS) is 2. The molecule has 0 bridgehead atoms. The average molecular weight is 478 g/mol. The van der Waals surface area contributed by atoms with Crippen molar-refractivity contribution in [1.29, 1.82) is 0 Å². The summed E-state index contributed by atoms with van der Waals surface area (Å²) in [5.74, 6) is -5.11. The molecule has 14 heteroatoms. The van der Waals surface area contributed by atoms with Crippen LogP contribution in [0.5, 0.6) is 0 Å². The second-order valence-corrected chi connectivity index (χ2v) is 8.00. The summed E-state index contributed by atoms with van der Waals surface area (Å²) in [6.07, 6.45) is 0.928. The topological polar surface area (TPSA) is 231 Å². The van der Waals surface area contributed by atoms with E-state index in [2.05, 4.69) is 16.0 Å². The van der Waals surface area contributed by atoms with Crippen LogP contribution in [-0.2, 0) is 28.8 Å². The maximum Gasteiger partial charge on any atom is 0.325 e. The molecule has 0 aromatic rings. The fourth-order valence-electron chi connectivity index (χ4n) is 2.39. The number of nitrogens with one attached hydrogen (secondary N) is 3. The first kappa shape index (κ1) is 29.1. The zero-order valence-electron chi connectivity index (χ0n) is 18.0. The maximum atomic E-state index is 12.7. The van der Waals surface area contributed by atoms with Gasteiger partial charge >= 0.3 is 11.9 Å². The highest BCUT2D eigenvalue weighted by atomic mass is 32.2. The van der Waals surface area contributed by atoms with Gasteiger partial charge in [0, 0.05) is 12.8 Å². The number of primary amides is 1. The minimum atomic E-state index is -1.39. The molecule has 0 aliphatic carbocycles. The second-order valence-electron chi connectivity index (χ2n) is 7.02. The predicted octanol–water partition coefficient (Wildman–Crippen LogP) is -2.24. The van der Waals surface area contributed by atoms with Gasteiger partial charge in [0.05, 0.1) is 6.04 Å². The molecule has 182 valence electrons. The molecule has 4 amide bonds. The van der Waals surface area contributed by atoms with Crippen LogP contribution in [0.3, 0.4) is 0 Å². The van der Waals surface area contributed by atoms with E-state index in [0.717, 1.165) is 0 Å². The molecule has 0 rings (SSSR count). The van der Waals surface area contributed by atoms with Gasteiger partial charge in [-0.05, 0) is 38.2 Å². The zero-order chi connectivity index (χ0) is 24.8. The minimum Gasteiger partial charge on any atom is -0.481 e. The SMILES string of the molecule is CSCCC(N)C(=O)NC(CCC(N)=O)C(=O)NC(CCC(=O)O)C(=O)NC(C)C(=O)O. The summed E-state index contributed by atoms with van der Waals surface area (Å²) in [6.45, 7) is 1.20. The number of amides is 4. The number of rotatable bonds is 16. The Balaban J connectivity index is 5.42. The van der Waals surface area contributed by atoms with Crippen molar-refractivity contribution in [3.63, 3.8) is 0 Å². The summed E-state index contributed by atoms with van der Waals surface area (Å²) >= 11 is 1.48. The number of aliphatic carboxylic acids is 2. The number of hydrogen-bond acceptors (Lipinski definition) is 8. The van der Waals surface area contributed by atoms with E-state index in [1.807, 2.05) is 6.26 Å². The van der Waals surface area contributed by atoms with E-state index in [0.29, 0.717) is 12.2 Å². The molecule has 0 radical (unpaired) electrons. The van der Waals surface area contributed by atoms with E-state index < -0.39 is 66.2 Å². The number of hydrogen-bond donors (Lipinski definition) is 7. The number of thioether (sulfide) groups is 1. The molecule has 32 heavy (non-hydrogen) atoms. The van der Waals surface area contributed by atoms with Crippen molar-refractivity contribution >= 4 is 47.3 Å². The molecule has 4 atom stereocenters. The molecule has 0 saturated heterocycles. The van der Waals surface area contributed by atoms with E-state index in [9.17, 15) is 28.8 Å². The Morgan fingerprint density at radius 3 is 1.81 bits per heavy atom. The second kappa shape index (κ2) is 15.0. The summed E-state index contributed by atoms with van der Waals surface area (Å²) in [5.41, 5.74) is 10.9. The molecule has 0 fully saturated rings. The summed E-state index contributed by atoms with van der Waals surface area (Å²) in [5, 5.41) is 24.7. The van der Waals surface area contributed by atoms with Gasteiger partial charge in [-0.2, -0.15) is 11.8 Å². The van der Waals surface area contributed by atoms with Crippen LogP contribution in [0.4, 0.5) is 0 Å². The molecular formula is C18H31N5O8S. The van der Waals surface area contributed by atoms with Gasteiger partial charge in [-0.3, -0.25) is 28.8 Å². The normalized spacial score (nSPS) is 14.3. The van der Waals surface area contributed by atoms with Crippen LogP contribution in [0.25, 0.3) is 0 Å². The van der Waals surface area contributed by atoms with Gasteiger partial charge in [-0.15, -0.1) is 0 Å². The number of nitrogens with two attached hydrogens (primary N) is 2. The molecule has 0 heterocycles. The number of carbonyl (C=O) groups excluding carboxylic acids is 4. The average Bonchev–Trinajstić information content (AvgIpc) is 2.71. The van der Waals surface area contributed by atoms with Crippen molar-refractivity contribution in [3.05, 3.63) is 0 Å². The van der Waals surface area contributed by atoms with Crippen molar-refractivity contribution in [2.45, 2.75) is 63.2 Å². The van der Waals surface area contributed by atoms with Crippen LogP contribution < -0.4 is 27.4 Å². The van der Waals surface area contributed by atoms with E-state index in [4.69, 9.17) is 21.7 Å². The monoisotopic (exact) mass is 477 g/mol. The van der Waals surface area contributed by atoms with E-state index in [-0.39, 0.29) is 19.3 Å². The lowest BCUT2D eigenvalue weighted by Crippen LogP contribution is -2.57. The third kappa shape index (κ3) is 12.1. The van der Waals surface area contributed by atoms with Gasteiger partial charge in [0.2, 0.25) is 23.6 Å². The summed E-state index contributed by atoms with van der Waals surface area (Å²) < 4.78 is 0. The zero-order valence-corrected chi connectivity index (χ0v) is 18.8. The summed E-state index contributed by atoms with van der Waals surface area (Å²) in [4.78, 5) is 70.4. The highest BCUT2D eigenvalue weighted by molar-refractivity contribution is 7.98.